The number of alkyl halides is 3. The van der Waals surface area contributed by atoms with E-state index in [4.69, 9.17) is 32.7 Å². The summed E-state index contributed by atoms with van der Waals surface area (Å²) in [6.45, 7) is 1.22. The molecule has 4 aromatic rings. The number of ether oxygens (including phenoxy) is 2. The topological polar surface area (TPSA) is 120 Å². The van der Waals surface area contributed by atoms with Crippen LogP contribution in [0.5, 0.6) is 0 Å². The Labute approximate surface area is 239 Å². The Morgan fingerprint density at radius 3 is 2.62 bits per heavy atom. The average molecular weight is 619 g/mol. The molecule has 5 rings (SSSR count). The monoisotopic (exact) mass is 618 g/mol. The lowest BCUT2D eigenvalue weighted by Gasteiger charge is -2.43. The number of hydrogen-bond donors (Lipinski definition) is 2. The third kappa shape index (κ3) is 5.36. The molecular weight excluding hydrogens is 596 g/mol. The van der Waals surface area contributed by atoms with Gasteiger partial charge >= 0.3 is 6.18 Å². The lowest BCUT2D eigenvalue weighted by Crippen LogP contribution is -2.53. The van der Waals surface area contributed by atoms with Gasteiger partial charge < -0.3 is 19.7 Å². The van der Waals surface area contributed by atoms with E-state index in [9.17, 15) is 23.4 Å². The molecule has 0 spiro atoms. The van der Waals surface area contributed by atoms with E-state index in [-0.39, 0.29) is 21.6 Å². The molecule has 1 aliphatic rings. The van der Waals surface area contributed by atoms with Crippen molar-refractivity contribution in [3.05, 3.63) is 63.0 Å². The Morgan fingerprint density at radius 2 is 2.00 bits per heavy atom. The molecule has 2 N–H and O–H groups in total. The molecule has 16 heteroatoms. The first-order valence-electron chi connectivity index (χ1n) is 12.0. The number of aromatic nitrogens is 6. The van der Waals surface area contributed by atoms with Gasteiger partial charge in [0, 0.05) is 17.5 Å². The van der Waals surface area contributed by atoms with E-state index in [1.54, 1.807) is 24.6 Å². The SMILES string of the molecule is CCc1cc([C@@H]2OC(CO)[C@H](O)[C@H](n3cc(-c4nc(Cl)cs4)nn3)C2OC)n(-c2cc(Cl)ccc2C(F)(F)F)n1. The summed E-state index contributed by atoms with van der Waals surface area (Å²) in [6, 6.07) is 3.84. The molecule has 4 heterocycles. The van der Waals surface area contributed by atoms with Gasteiger partial charge in [-0.3, -0.25) is 0 Å². The van der Waals surface area contributed by atoms with E-state index in [1.165, 1.54) is 29.2 Å². The standard InChI is InChI=1S/C24H23Cl2F3N6O4S/c1-3-12-7-16(35(32-12)15-6-11(25)4-5-13(15)24(27,28)29)21-22(38-2)19(20(37)17(9-36)39-21)34-8-14(31-33-34)23-30-18(26)10-40-23/h4-8,10,17,19-22,36-37H,3,9H2,1-2H3/t17?,19-,20-,21-,22?/m0/s1. The predicted octanol–water partition coefficient (Wildman–Crippen LogP) is 4.52. The molecule has 0 saturated carbocycles. The molecule has 1 saturated heterocycles. The first kappa shape index (κ1) is 28.9. The minimum Gasteiger partial charge on any atom is -0.394 e. The Hall–Kier alpha value is -2.59. The predicted molar refractivity (Wildman–Crippen MR) is 140 cm³/mol. The third-order valence-corrected chi connectivity index (χ3v) is 8.01. The number of halogens is 5. The summed E-state index contributed by atoms with van der Waals surface area (Å²) in [6.07, 6.45) is -7.31. The molecule has 0 amide bonds. The van der Waals surface area contributed by atoms with Crippen molar-refractivity contribution in [3.63, 3.8) is 0 Å². The van der Waals surface area contributed by atoms with Crippen LogP contribution in [0.15, 0.2) is 35.8 Å². The minimum absolute atomic E-state index is 0.0781. The highest BCUT2D eigenvalue weighted by atomic mass is 35.5. The smallest absolute Gasteiger partial charge is 0.394 e. The van der Waals surface area contributed by atoms with Crippen molar-refractivity contribution in [2.75, 3.05) is 13.7 Å². The fourth-order valence-electron chi connectivity index (χ4n) is 4.73. The summed E-state index contributed by atoms with van der Waals surface area (Å²) in [4.78, 5) is 4.18. The summed E-state index contributed by atoms with van der Waals surface area (Å²) < 4.78 is 56.4. The third-order valence-electron chi connectivity index (χ3n) is 6.58. The number of nitrogens with zero attached hydrogens (tertiary/aromatic N) is 6. The van der Waals surface area contributed by atoms with Gasteiger partial charge in [-0.2, -0.15) is 18.3 Å². The summed E-state index contributed by atoms with van der Waals surface area (Å²) in [5, 5.41) is 36.5. The molecule has 3 aromatic heterocycles. The molecule has 1 fully saturated rings. The van der Waals surface area contributed by atoms with Gasteiger partial charge in [-0.15, -0.1) is 16.4 Å². The van der Waals surface area contributed by atoms with E-state index in [0.29, 0.717) is 22.8 Å². The van der Waals surface area contributed by atoms with Crippen LogP contribution in [-0.2, 0) is 22.1 Å². The number of benzene rings is 1. The summed E-state index contributed by atoms with van der Waals surface area (Å²) in [7, 11) is 1.38. The Balaban J connectivity index is 1.63. The highest BCUT2D eigenvalue weighted by Crippen LogP contribution is 2.42. The molecule has 214 valence electrons. The van der Waals surface area contributed by atoms with Crippen LogP contribution in [0.1, 0.15) is 36.0 Å². The van der Waals surface area contributed by atoms with Crippen molar-refractivity contribution >= 4 is 34.5 Å². The lowest BCUT2D eigenvalue weighted by atomic mass is 9.90. The van der Waals surface area contributed by atoms with Crippen LogP contribution in [-0.4, -0.2) is 72.0 Å². The number of hydrogen-bond acceptors (Lipinski definition) is 9. The largest absolute Gasteiger partial charge is 0.418 e. The van der Waals surface area contributed by atoms with Gasteiger partial charge in [0.05, 0.1) is 35.4 Å². The van der Waals surface area contributed by atoms with E-state index < -0.39 is 48.8 Å². The second kappa shape index (κ2) is 11.4. The highest BCUT2D eigenvalue weighted by molar-refractivity contribution is 7.13. The first-order chi connectivity index (χ1) is 19.0. The van der Waals surface area contributed by atoms with Gasteiger partial charge in [-0.25, -0.2) is 14.3 Å². The molecule has 1 aromatic carbocycles. The van der Waals surface area contributed by atoms with Crippen LogP contribution in [0.3, 0.4) is 0 Å². The van der Waals surface area contributed by atoms with Gasteiger partial charge in [-0.05, 0) is 30.7 Å². The normalized spacial score (nSPS) is 23.6. The molecule has 1 aliphatic heterocycles. The summed E-state index contributed by atoms with van der Waals surface area (Å²) in [5.41, 5.74) is -0.186. The van der Waals surface area contributed by atoms with Crippen LogP contribution >= 0.6 is 34.5 Å². The van der Waals surface area contributed by atoms with Crippen LogP contribution in [0, 0.1) is 0 Å². The Morgan fingerprint density at radius 1 is 1.23 bits per heavy atom. The quantitative estimate of drug-likeness (QED) is 0.310. The van der Waals surface area contributed by atoms with Crippen molar-refractivity contribution in [1.29, 1.82) is 0 Å². The maximum Gasteiger partial charge on any atom is 0.418 e. The van der Waals surface area contributed by atoms with Crippen LogP contribution < -0.4 is 0 Å². The number of aliphatic hydroxyl groups is 2. The fraction of sp³-hybridized carbons (Fsp3) is 0.417. The molecule has 0 radical (unpaired) electrons. The molecular formula is C24H23Cl2F3N6O4S. The van der Waals surface area contributed by atoms with Crippen LogP contribution in [0.2, 0.25) is 10.2 Å². The molecule has 5 atom stereocenters. The average Bonchev–Trinajstić information content (AvgIpc) is 3.67. The molecule has 0 aliphatic carbocycles. The first-order valence-corrected chi connectivity index (χ1v) is 13.7. The number of aliphatic hydroxyl groups excluding tert-OH is 2. The second-order valence-corrected chi connectivity index (χ2v) is 10.7. The number of aryl methyl sites for hydroxylation is 1. The Kier molecular flexibility index (Phi) is 8.21. The van der Waals surface area contributed by atoms with Crippen molar-refractivity contribution in [2.45, 2.75) is 50.0 Å². The van der Waals surface area contributed by atoms with E-state index >= 15 is 0 Å². The number of methoxy groups -OCH3 is 1. The molecule has 40 heavy (non-hydrogen) atoms. The maximum atomic E-state index is 14.0. The van der Waals surface area contributed by atoms with Gasteiger partial charge in [0.15, 0.2) is 0 Å². The Bertz CT molecular complexity index is 1500. The van der Waals surface area contributed by atoms with Gasteiger partial charge in [0.25, 0.3) is 0 Å². The summed E-state index contributed by atoms with van der Waals surface area (Å²) >= 11 is 13.3. The van der Waals surface area contributed by atoms with Crippen molar-refractivity contribution in [3.8, 4) is 16.4 Å². The zero-order chi connectivity index (χ0) is 28.8. The van der Waals surface area contributed by atoms with Gasteiger partial charge in [0.1, 0.15) is 46.3 Å². The van der Waals surface area contributed by atoms with Gasteiger partial charge in [0.2, 0.25) is 0 Å². The minimum atomic E-state index is -4.70. The van der Waals surface area contributed by atoms with Gasteiger partial charge in [-0.1, -0.05) is 35.3 Å². The lowest BCUT2D eigenvalue weighted by molar-refractivity contribution is -0.216. The fourth-order valence-corrected chi connectivity index (χ4v) is 5.79. The van der Waals surface area contributed by atoms with Crippen molar-refractivity contribution in [2.24, 2.45) is 0 Å². The van der Waals surface area contributed by atoms with E-state index in [0.717, 1.165) is 16.8 Å². The van der Waals surface area contributed by atoms with Crippen molar-refractivity contribution in [1.82, 2.24) is 29.8 Å². The van der Waals surface area contributed by atoms with E-state index in [2.05, 4.69) is 20.4 Å². The zero-order valence-electron chi connectivity index (χ0n) is 21.0. The zero-order valence-corrected chi connectivity index (χ0v) is 23.3. The van der Waals surface area contributed by atoms with Crippen LogP contribution in [0.4, 0.5) is 13.2 Å². The number of rotatable bonds is 7. The highest BCUT2D eigenvalue weighted by Gasteiger charge is 2.49. The molecule has 10 nitrogen and oxygen atoms in total. The van der Waals surface area contributed by atoms with Crippen molar-refractivity contribution < 1.29 is 32.9 Å². The molecule has 2 unspecified atom stereocenters. The summed E-state index contributed by atoms with van der Waals surface area (Å²) in [5.74, 6) is 0. The maximum absolute atomic E-state index is 14.0. The van der Waals surface area contributed by atoms with E-state index in [1.807, 2.05) is 0 Å². The molecule has 0 bridgehead atoms. The number of thiazole rings is 1. The van der Waals surface area contributed by atoms with Crippen LogP contribution in [0.25, 0.3) is 16.4 Å². The second-order valence-electron chi connectivity index (χ2n) is 9.00.